The van der Waals surface area contributed by atoms with E-state index in [1.807, 2.05) is 16.7 Å². The van der Waals surface area contributed by atoms with Gasteiger partial charge in [0.15, 0.2) is 0 Å². The number of piperidine rings is 1. The van der Waals surface area contributed by atoms with Crippen molar-refractivity contribution in [1.82, 2.24) is 25.0 Å². The summed E-state index contributed by atoms with van der Waals surface area (Å²) in [6.07, 6.45) is 10.9. The Morgan fingerprint density at radius 2 is 1.58 bits per heavy atom. The molecule has 5 aliphatic rings. The third-order valence-corrected chi connectivity index (χ3v) is 12.2. The van der Waals surface area contributed by atoms with Gasteiger partial charge in [-0.05, 0) is 63.7 Å². The lowest BCUT2D eigenvalue weighted by atomic mass is 9.70. The number of aromatic nitrogens is 1. The molecule has 3 aliphatic heterocycles. The van der Waals surface area contributed by atoms with Crippen molar-refractivity contribution in [3.05, 3.63) is 16.6 Å². The number of carbonyl (C=O) groups is 4. The summed E-state index contributed by atoms with van der Waals surface area (Å²) < 4.78 is 6.54. The molecule has 10 nitrogen and oxygen atoms in total. The first-order valence-electron chi connectivity index (χ1n) is 17.2. The fourth-order valence-corrected chi connectivity index (χ4v) is 8.92. The van der Waals surface area contributed by atoms with Gasteiger partial charge in [0, 0.05) is 50.6 Å². The minimum Gasteiger partial charge on any atom is -0.373 e. The smallest absolute Gasteiger partial charge is 0.265 e. The van der Waals surface area contributed by atoms with E-state index in [-0.39, 0.29) is 47.6 Å². The van der Waals surface area contributed by atoms with Crippen molar-refractivity contribution in [1.29, 1.82) is 0 Å². The Morgan fingerprint density at radius 3 is 2.20 bits per heavy atom. The van der Waals surface area contributed by atoms with Crippen molar-refractivity contribution in [2.24, 2.45) is 28.6 Å². The van der Waals surface area contributed by atoms with Gasteiger partial charge in [-0.1, -0.05) is 33.1 Å². The van der Waals surface area contributed by atoms with E-state index in [2.05, 4.69) is 31.1 Å². The van der Waals surface area contributed by atoms with Crippen LogP contribution in [0.3, 0.4) is 0 Å². The van der Waals surface area contributed by atoms with Gasteiger partial charge >= 0.3 is 0 Å². The Bertz CT molecular complexity index is 1250. The van der Waals surface area contributed by atoms with E-state index in [0.717, 1.165) is 38.5 Å². The molecule has 2 saturated carbocycles. The average molecular weight is 642 g/mol. The monoisotopic (exact) mass is 641 g/mol. The molecule has 2 aliphatic carbocycles. The van der Waals surface area contributed by atoms with E-state index in [0.29, 0.717) is 43.5 Å². The predicted octanol–water partition coefficient (Wildman–Crippen LogP) is 3.96. The Labute approximate surface area is 271 Å². The van der Waals surface area contributed by atoms with Crippen LogP contribution in [0.25, 0.3) is 0 Å². The zero-order chi connectivity index (χ0) is 31.9. The number of likely N-dealkylation sites (tertiary alicyclic amines) is 3. The summed E-state index contributed by atoms with van der Waals surface area (Å²) in [6.45, 7) is 11.2. The van der Waals surface area contributed by atoms with Gasteiger partial charge in [0.1, 0.15) is 10.9 Å². The maximum atomic E-state index is 14.3. The summed E-state index contributed by atoms with van der Waals surface area (Å²) >= 11 is 1.29. The summed E-state index contributed by atoms with van der Waals surface area (Å²) in [5.74, 6) is -0.364. The fraction of sp³-hybridized carbons (Fsp3) is 0.794. The number of nitrogens with one attached hydrogen (secondary N) is 1. The number of hydrogen-bond donors (Lipinski definition) is 1. The average Bonchev–Trinajstić information content (AvgIpc) is 3.39. The predicted molar refractivity (Wildman–Crippen MR) is 171 cm³/mol. The molecule has 0 aromatic carbocycles. The molecule has 2 unspecified atom stereocenters. The van der Waals surface area contributed by atoms with Crippen LogP contribution in [0.2, 0.25) is 0 Å². The lowest BCUT2D eigenvalue weighted by Crippen LogP contribution is -2.65. The number of amides is 4. The molecule has 5 atom stereocenters. The van der Waals surface area contributed by atoms with Crippen molar-refractivity contribution >= 4 is 35.0 Å². The summed E-state index contributed by atoms with van der Waals surface area (Å²) in [5.41, 5.74) is 1.11. The van der Waals surface area contributed by atoms with E-state index in [1.54, 1.807) is 16.6 Å². The van der Waals surface area contributed by atoms with Gasteiger partial charge in [0.25, 0.3) is 5.91 Å². The first-order chi connectivity index (χ1) is 21.5. The topological polar surface area (TPSA) is 112 Å². The Hall–Kier alpha value is -2.53. The third-order valence-electron chi connectivity index (χ3n) is 11.5. The van der Waals surface area contributed by atoms with Crippen LogP contribution in [0.4, 0.5) is 0 Å². The standard InChI is InChI=1S/C34H51N5O5S/c1-22(24-11-7-5-8-12-24)44-23(2)28(32(43)37-13-9-6-10-14-37)36-29(40)26-17-38(31(42)27-16-35-21-45-27)18-34(26)19-39(20-34)30(41)25-15-33(25,3)4/h16,21-26,28H,5-15,17-20H2,1-4H3,(H,36,40)/t22?,23-,25-,26?,28+/m1/s1. The van der Waals surface area contributed by atoms with E-state index in [9.17, 15) is 19.2 Å². The number of ether oxygens (including phenoxy) is 1. The minimum absolute atomic E-state index is 0.00271. The fourth-order valence-electron chi connectivity index (χ4n) is 8.34. The molecule has 1 spiro atoms. The zero-order valence-corrected chi connectivity index (χ0v) is 28.3. The van der Waals surface area contributed by atoms with Gasteiger partial charge in [-0.2, -0.15) is 0 Å². The largest absolute Gasteiger partial charge is 0.373 e. The van der Waals surface area contributed by atoms with Crippen LogP contribution in [0.5, 0.6) is 0 Å². The summed E-state index contributed by atoms with van der Waals surface area (Å²) in [5, 5.41) is 3.17. The molecule has 0 radical (unpaired) electrons. The first kappa shape index (κ1) is 32.4. The SMILES string of the molecule is CC(O[C@H](C)[C@H](NC(=O)C1CN(C(=O)c2cncs2)CC12CN(C(=O)[C@H]1CC1(C)C)C2)C(=O)N1CCCCC1)C1CCCCC1. The minimum atomic E-state index is -0.810. The van der Waals surface area contributed by atoms with E-state index >= 15 is 0 Å². The van der Waals surface area contributed by atoms with Crippen molar-refractivity contribution in [3.63, 3.8) is 0 Å². The van der Waals surface area contributed by atoms with Gasteiger partial charge in [0.2, 0.25) is 17.7 Å². The zero-order valence-electron chi connectivity index (χ0n) is 27.5. The molecule has 45 heavy (non-hydrogen) atoms. The van der Waals surface area contributed by atoms with Crippen molar-refractivity contribution in [2.75, 3.05) is 39.3 Å². The molecule has 0 bridgehead atoms. The molecule has 1 aromatic heterocycles. The number of carbonyl (C=O) groups excluding carboxylic acids is 4. The van der Waals surface area contributed by atoms with Crippen molar-refractivity contribution < 1.29 is 23.9 Å². The molecular formula is C34H51N5O5S. The van der Waals surface area contributed by atoms with E-state index < -0.39 is 23.5 Å². The lowest BCUT2D eigenvalue weighted by molar-refractivity contribution is -0.153. The van der Waals surface area contributed by atoms with Gasteiger partial charge < -0.3 is 24.8 Å². The Kier molecular flexibility index (Phi) is 9.32. The highest BCUT2D eigenvalue weighted by Gasteiger charge is 2.62. The van der Waals surface area contributed by atoms with Crippen LogP contribution in [0.1, 0.15) is 95.2 Å². The van der Waals surface area contributed by atoms with Gasteiger partial charge in [-0.15, -0.1) is 11.3 Å². The van der Waals surface area contributed by atoms with Gasteiger partial charge in [-0.3, -0.25) is 24.2 Å². The maximum absolute atomic E-state index is 14.3. The van der Waals surface area contributed by atoms with Crippen LogP contribution < -0.4 is 5.32 Å². The number of thiazole rings is 1. The second kappa shape index (κ2) is 12.9. The Morgan fingerprint density at radius 1 is 0.933 bits per heavy atom. The van der Waals surface area contributed by atoms with Gasteiger partial charge in [-0.25, -0.2) is 0 Å². The molecular weight excluding hydrogens is 590 g/mol. The molecule has 1 N–H and O–H groups in total. The van der Waals surface area contributed by atoms with Crippen LogP contribution in [0.15, 0.2) is 11.7 Å². The third kappa shape index (κ3) is 6.66. The molecule has 4 amide bonds. The quantitative estimate of drug-likeness (QED) is 0.437. The number of nitrogens with zero attached hydrogens (tertiary/aromatic N) is 4. The molecule has 4 heterocycles. The van der Waals surface area contributed by atoms with Crippen LogP contribution in [0, 0.1) is 28.6 Å². The first-order valence-corrected chi connectivity index (χ1v) is 18.1. The normalized spacial score (nSPS) is 27.9. The second-order valence-corrected chi connectivity index (χ2v) is 16.1. The summed E-state index contributed by atoms with van der Waals surface area (Å²) in [4.78, 5) is 65.2. The molecule has 6 rings (SSSR count). The highest BCUT2D eigenvalue weighted by molar-refractivity contribution is 7.11. The molecule has 5 fully saturated rings. The Balaban J connectivity index is 1.20. The van der Waals surface area contributed by atoms with Crippen molar-refractivity contribution in [3.8, 4) is 0 Å². The molecule has 1 aromatic rings. The number of rotatable bonds is 9. The second-order valence-electron chi connectivity index (χ2n) is 15.2. The maximum Gasteiger partial charge on any atom is 0.265 e. The summed E-state index contributed by atoms with van der Waals surface area (Å²) in [6, 6.07) is -0.810. The molecule has 3 saturated heterocycles. The van der Waals surface area contributed by atoms with Crippen LogP contribution >= 0.6 is 11.3 Å². The van der Waals surface area contributed by atoms with Crippen LogP contribution in [-0.4, -0.2) is 101 Å². The summed E-state index contributed by atoms with van der Waals surface area (Å²) in [7, 11) is 0. The highest BCUT2D eigenvalue weighted by Crippen LogP contribution is 2.54. The lowest BCUT2D eigenvalue weighted by Gasteiger charge is -2.50. The molecule has 11 heteroatoms. The number of hydrogen-bond acceptors (Lipinski definition) is 7. The van der Waals surface area contributed by atoms with E-state index in [1.165, 1.54) is 30.6 Å². The molecule has 248 valence electrons. The van der Waals surface area contributed by atoms with Crippen molar-refractivity contribution in [2.45, 2.75) is 104 Å². The highest BCUT2D eigenvalue weighted by atomic mass is 32.1. The van der Waals surface area contributed by atoms with E-state index in [4.69, 9.17) is 4.74 Å². The van der Waals surface area contributed by atoms with Crippen LogP contribution in [-0.2, 0) is 19.1 Å². The van der Waals surface area contributed by atoms with Gasteiger partial charge in [0.05, 0.1) is 29.8 Å².